The van der Waals surface area contributed by atoms with Gasteiger partial charge in [0.2, 0.25) is 5.91 Å². The van der Waals surface area contributed by atoms with Crippen molar-refractivity contribution in [2.75, 3.05) is 12.9 Å². The highest BCUT2D eigenvalue weighted by atomic mass is 32.2. The summed E-state index contributed by atoms with van der Waals surface area (Å²) in [6, 6.07) is 4.97. The lowest BCUT2D eigenvalue weighted by Gasteiger charge is -2.20. The van der Waals surface area contributed by atoms with Gasteiger partial charge in [-0.2, -0.15) is 0 Å². The van der Waals surface area contributed by atoms with Crippen LogP contribution in [0.5, 0.6) is 5.75 Å². The molecule has 0 radical (unpaired) electrons. The molecule has 0 saturated carbocycles. The minimum absolute atomic E-state index is 0.0203. The van der Waals surface area contributed by atoms with Crippen LogP contribution in [0.4, 0.5) is 0 Å². The van der Waals surface area contributed by atoms with E-state index < -0.39 is 9.84 Å². The Balaban J connectivity index is 2.19. The first-order valence-electron chi connectivity index (χ1n) is 7.20. The van der Waals surface area contributed by atoms with Crippen molar-refractivity contribution in [2.45, 2.75) is 23.8 Å². The Kier molecular flexibility index (Phi) is 5.57. The van der Waals surface area contributed by atoms with Crippen molar-refractivity contribution in [3.8, 4) is 5.75 Å². The Bertz CT molecular complexity index is 716. The van der Waals surface area contributed by atoms with E-state index in [0.29, 0.717) is 18.6 Å². The molecular weight excluding hydrogens is 316 g/mol. The van der Waals surface area contributed by atoms with Crippen LogP contribution in [0.15, 0.2) is 41.8 Å². The second kappa shape index (κ2) is 7.43. The molecule has 2 N–H and O–H groups in total. The van der Waals surface area contributed by atoms with Crippen molar-refractivity contribution < 1.29 is 17.9 Å². The van der Waals surface area contributed by atoms with Crippen LogP contribution in [0.25, 0.3) is 6.08 Å². The molecule has 0 spiro atoms. The fourth-order valence-corrected chi connectivity index (χ4v) is 3.47. The zero-order valence-corrected chi connectivity index (χ0v) is 13.7. The summed E-state index contributed by atoms with van der Waals surface area (Å²) in [6.45, 7) is 3.46. The van der Waals surface area contributed by atoms with Crippen LogP contribution in [0.3, 0.4) is 0 Å². The van der Waals surface area contributed by atoms with Gasteiger partial charge in [-0.05, 0) is 24.1 Å². The molecule has 1 aromatic rings. The molecule has 1 aliphatic rings. The molecule has 1 unspecified atom stereocenters. The monoisotopic (exact) mass is 336 g/mol. The molecule has 7 heteroatoms. The summed E-state index contributed by atoms with van der Waals surface area (Å²) in [5.41, 5.74) is 6.29. The number of hydrogen-bond acceptors (Lipinski definition) is 5. The van der Waals surface area contributed by atoms with E-state index in [4.69, 9.17) is 4.74 Å². The number of carbonyl (C=O) groups excluding carboxylic acids is 1. The van der Waals surface area contributed by atoms with Gasteiger partial charge in [0.05, 0.1) is 12.9 Å². The summed E-state index contributed by atoms with van der Waals surface area (Å²) in [7, 11) is -2.00. The molecule has 1 atom stereocenters. The normalized spacial score (nSPS) is 18.7. The molecule has 1 aromatic carbocycles. The van der Waals surface area contributed by atoms with Crippen molar-refractivity contribution >= 4 is 21.8 Å². The third kappa shape index (κ3) is 4.43. The third-order valence-electron chi connectivity index (χ3n) is 3.46. The maximum Gasteiger partial charge on any atom is 0.234 e. The van der Waals surface area contributed by atoms with Gasteiger partial charge in [-0.1, -0.05) is 24.3 Å². The van der Waals surface area contributed by atoms with E-state index >= 15 is 0 Å². The first-order valence-corrected chi connectivity index (χ1v) is 8.86. The topological polar surface area (TPSA) is 84.5 Å². The number of amides is 1. The minimum atomic E-state index is -3.44. The molecule has 23 heavy (non-hydrogen) atoms. The van der Waals surface area contributed by atoms with Crippen LogP contribution in [0, 0.1) is 0 Å². The van der Waals surface area contributed by atoms with Crippen molar-refractivity contribution in [2.24, 2.45) is 0 Å². The zero-order chi connectivity index (χ0) is 16.9. The smallest absolute Gasteiger partial charge is 0.234 e. The predicted molar refractivity (Wildman–Crippen MR) is 88.6 cm³/mol. The highest BCUT2D eigenvalue weighted by molar-refractivity contribution is 7.91. The van der Waals surface area contributed by atoms with Gasteiger partial charge in [-0.3, -0.25) is 10.2 Å². The standard InChI is InChI=1S/C16H20N2O4S/c1-3-10-23(20,21)15-8-5-12(11-14(15)22-2)4-6-13-7-9-16(19)18-17-13/h3-6,8,11,13,17H,1,7,9-10H2,2H3,(H,18,19)/b6-4+. The second-order valence-electron chi connectivity index (χ2n) is 5.18. The Labute approximate surface area is 136 Å². The molecule has 1 saturated heterocycles. The Morgan fingerprint density at radius 3 is 2.83 bits per heavy atom. The largest absolute Gasteiger partial charge is 0.495 e. The molecule has 2 rings (SSSR count). The molecule has 0 bridgehead atoms. The van der Waals surface area contributed by atoms with Gasteiger partial charge >= 0.3 is 0 Å². The van der Waals surface area contributed by atoms with E-state index in [1.54, 1.807) is 12.1 Å². The molecular formula is C16H20N2O4S. The number of hydrogen-bond donors (Lipinski definition) is 2. The second-order valence-corrected chi connectivity index (χ2v) is 7.18. The number of ether oxygens (including phenoxy) is 1. The van der Waals surface area contributed by atoms with Crippen molar-refractivity contribution in [1.29, 1.82) is 0 Å². The molecule has 0 aliphatic carbocycles. The molecule has 1 aliphatic heterocycles. The summed E-state index contributed by atoms with van der Waals surface area (Å²) >= 11 is 0. The molecule has 6 nitrogen and oxygen atoms in total. The van der Waals surface area contributed by atoms with Crippen molar-refractivity contribution in [3.63, 3.8) is 0 Å². The highest BCUT2D eigenvalue weighted by Gasteiger charge is 2.18. The van der Waals surface area contributed by atoms with E-state index in [1.807, 2.05) is 12.2 Å². The maximum absolute atomic E-state index is 12.1. The number of nitrogens with one attached hydrogen (secondary N) is 2. The first kappa shape index (κ1) is 17.2. The van der Waals surface area contributed by atoms with E-state index in [2.05, 4.69) is 17.4 Å². The average Bonchev–Trinajstić information content (AvgIpc) is 2.54. The summed E-state index contributed by atoms with van der Waals surface area (Å²) in [4.78, 5) is 11.2. The SMILES string of the molecule is C=CCS(=O)(=O)c1ccc(/C=C/C2CCC(=O)NN2)cc1OC. The van der Waals surface area contributed by atoms with Crippen LogP contribution in [-0.2, 0) is 14.6 Å². The number of hydrazine groups is 1. The van der Waals surface area contributed by atoms with Gasteiger partial charge in [-0.25, -0.2) is 13.8 Å². The Morgan fingerprint density at radius 1 is 1.43 bits per heavy atom. The van der Waals surface area contributed by atoms with Gasteiger partial charge in [0, 0.05) is 12.5 Å². The third-order valence-corrected chi connectivity index (χ3v) is 5.14. The lowest BCUT2D eigenvalue weighted by atomic mass is 10.1. The quantitative estimate of drug-likeness (QED) is 0.768. The minimum Gasteiger partial charge on any atom is -0.495 e. The molecule has 1 amide bonds. The first-order chi connectivity index (χ1) is 11.0. The summed E-state index contributed by atoms with van der Waals surface area (Å²) in [5.74, 6) is 0.150. The molecule has 124 valence electrons. The van der Waals surface area contributed by atoms with E-state index in [1.165, 1.54) is 19.3 Å². The van der Waals surface area contributed by atoms with Crippen molar-refractivity contribution in [1.82, 2.24) is 10.9 Å². The number of benzene rings is 1. The Morgan fingerprint density at radius 2 is 2.22 bits per heavy atom. The van der Waals surface area contributed by atoms with Crippen LogP contribution in [0.1, 0.15) is 18.4 Å². The fraction of sp³-hybridized carbons (Fsp3) is 0.312. The molecule has 1 heterocycles. The Hall–Kier alpha value is -2.12. The van der Waals surface area contributed by atoms with Gasteiger partial charge in [0.1, 0.15) is 10.6 Å². The average molecular weight is 336 g/mol. The molecule has 0 aromatic heterocycles. The fourth-order valence-electron chi connectivity index (χ4n) is 2.26. The van der Waals surface area contributed by atoms with Gasteiger partial charge in [-0.15, -0.1) is 6.58 Å². The predicted octanol–water partition coefficient (Wildman–Crippen LogP) is 1.45. The van der Waals surface area contributed by atoms with E-state index in [-0.39, 0.29) is 22.6 Å². The van der Waals surface area contributed by atoms with Crippen molar-refractivity contribution in [3.05, 3.63) is 42.5 Å². The van der Waals surface area contributed by atoms with Crippen LogP contribution in [-0.4, -0.2) is 33.2 Å². The summed E-state index contributed by atoms with van der Waals surface area (Å²) in [5, 5.41) is 0. The highest BCUT2D eigenvalue weighted by Crippen LogP contribution is 2.26. The number of rotatable bonds is 6. The lowest BCUT2D eigenvalue weighted by molar-refractivity contribution is -0.123. The zero-order valence-electron chi connectivity index (χ0n) is 12.9. The van der Waals surface area contributed by atoms with Crippen LogP contribution in [0.2, 0.25) is 0 Å². The molecule has 1 fully saturated rings. The summed E-state index contributed by atoms with van der Waals surface area (Å²) < 4.78 is 29.5. The van der Waals surface area contributed by atoms with Crippen LogP contribution >= 0.6 is 0 Å². The van der Waals surface area contributed by atoms with Gasteiger partial charge < -0.3 is 4.74 Å². The van der Waals surface area contributed by atoms with E-state index in [9.17, 15) is 13.2 Å². The van der Waals surface area contributed by atoms with E-state index in [0.717, 1.165) is 5.56 Å². The number of carbonyl (C=O) groups is 1. The number of methoxy groups -OCH3 is 1. The number of sulfone groups is 1. The van der Waals surface area contributed by atoms with Crippen LogP contribution < -0.4 is 15.6 Å². The van der Waals surface area contributed by atoms with Gasteiger partial charge in [0.15, 0.2) is 9.84 Å². The summed E-state index contributed by atoms with van der Waals surface area (Å²) in [6.07, 6.45) is 6.33. The lowest BCUT2D eigenvalue weighted by Crippen LogP contribution is -2.48. The van der Waals surface area contributed by atoms with Gasteiger partial charge in [0.25, 0.3) is 0 Å². The maximum atomic E-state index is 12.1.